The van der Waals surface area contributed by atoms with Gasteiger partial charge in [-0.25, -0.2) is 0 Å². The summed E-state index contributed by atoms with van der Waals surface area (Å²) in [7, 11) is 0. The number of rotatable bonds is 7. The molecular weight excluding hydrogens is 376 g/mol. The lowest BCUT2D eigenvalue weighted by Crippen LogP contribution is -2.25. The number of halogens is 1. The van der Waals surface area contributed by atoms with Crippen LogP contribution in [0.1, 0.15) is 15.9 Å². The molecule has 0 heterocycles. The highest BCUT2D eigenvalue weighted by Crippen LogP contribution is 2.19. The van der Waals surface area contributed by atoms with Crippen molar-refractivity contribution in [2.75, 3.05) is 11.9 Å². The maximum absolute atomic E-state index is 12.5. The van der Waals surface area contributed by atoms with Crippen LogP contribution in [0.25, 0.3) is 0 Å². The molecule has 0 spiro atoms. The molecule has 0 radical (unpaired) electrons. The fourth-order valence-electron chi connectivity index (χ4n) is 2.56. The van der Waals surface area contributed by atoms with Crippen LogP contribution in [0.15, 0.2) is 78.9 Å². The van der Waals surface area contributed by atoms with Crippen LogP contribution in [0.2, 0.25) is 5.02 Å². The summed E-state index contributed by atoms with van der Waals surface area (Å²) in [5.74, 6) is -0.272. The zero-order valence-corrected chi connectivity index (χ0v) is 15.8. The molecule has 0 aliphatic rings. The topological polar surface area (TPSA) is 67.4 Å². The Labute approximate surface area is 168 Å². The van der Waals surface area contributed by atoms with Gasteiger partial charge in [-0.15, -0.1) is 0 Å². The van der Waals surface area contributed by atoms with Gasteiger partial charge in [0.1, 0.15) is 5.75 Å². The van der Waals surface area contributed by atoms with Gasteiger partial charge in [0.15, 0.2) is 6.61 Å². The van der Waals surface area contributed by atoms with Crippen LogP contribution in [0.5, 0.6) is 5.75 Å². The lowest BCUT2D eigenvalue weighted by atomic mass is 10.1. The Hall–Kier alpha value is -3.31. The Morgan fingerprint density at radius 2 is 1.64 bits per heavy atom. The second kappa shape index (κ2) is 9.58. The summed E-state index contributed by atoms with van der Waals surface area (Å²) in [5, 5.41) is 6.08. The zero-order chi connectivity index (χ0) is 19.8. The summed E-state index contributed by atoms with van der Waals surface area (Å²) in [6, 6.07) is 23.3. The number of hydrogen-bond donors (Lipinski definition) is 2. The summed E-state index contributed by atoms with van der Waals surface area (Å²) >= 11 is 5.90. The number of benzene rings is 3. The van der Waals surface area contributed by atoms with E-state index in [0.29, 0.717) is 28.6 Å². The maximum Gasteiger partial charge on any atom is 0.262 e. The van der Waals surface area contributed by atoms with E-state index in [1.165, 1.54) is 0 Å². The molecule has 2 amide bonds. The minimum Gasteiger partial charge on any atom is -0.483 e. The van der Waals surface area contributed by atoms with E-state index >= 15 is 0 Å². The number of anilines is 1. The first-order chi connectivity index (χ1) is 13.6. The van der Waals surface area contributed by atoms with E-state index in [-0.39, 0.29) is 18.4 Å². The van der Waals surface area contributed by atoms with Crippen LogP contribution in [0.4, 0.5) is 5.69 Å². The van der Waals surface area contributed by atoms with Crippen LogP contribution >= 0.6 is 11.6 Å². The van der Waals surface area contributed by atoms with E-state index in [1.54, 1.807) is 48.5 Å². The molecule has 2 N–H and O–H groups in total. The van der Waals surface area contributed by atoms with Crippen molar-refractivity contribution in [1.29, 1.82) is 0 Å². The van der Waals surface area contributed by atoms with Crippen molar-refractivity contribution in [2.24, 2.45) is 0 Å². The van der Waals surface area contributed by atoms with E-state index in [2.05, 4.69) is 10.6 Å². The molecule has 3 aromatic carbocycles. The average molecular weight is 395 g/mol. The third-order valence-corrected chi connectivity index (χ3v) is 4.13. The van der Waals surface area contributed by atoms with E-state index in [4.69, 9.17) is 16.3 Å². The third-order valence-electron chi connectivity index (χ3n) is 3.89. The molecule has 0 aromatic heterocycles. The molecule has 0 fully saturated rings. The SMILES string of the molecule is O=C(COc1ccccc1C(=O)NCc1ccccc1)Nc1cccc(Cl)c1. The van der Waals surface area contributed by atoms with Gasteiger partial charge in [0.05, 0.1) is 5.56 Å². The summed E-state index contributed by atoms with van der Waals surface area (Å²) in [5.41, 5.74) is 1.94. The molecule has 3 aromatic rings. The second-order valence-electron chi connectivity index (χ2n) is 6.01. The van der Waals surface area contributed by atoms with Gasteiger partial charge in [-0.3, -0.25) is 9.59 Å². The molecule has 0 aliphatic heterocycles. The average Bonchev–Trinajstić information content (AvgIpc) is 2.71. The van der Waals surface area contributed by atoms with Crippen molar-refractivity contribution in [2.45, 2.75) is 6.54 Å². The molecule has 0 saturated carbocycles. The predicted octanol–water partition coefficient (Wildman–Crippen LogP) is 4.29. The third kappa shape index (κ3) is 5.59. The van der Waals surface area contributed by atoms with Crippen LogP contribution in [-0.4, -0.2) is 18.4 Å². The number of nitrogens with one attached hydrogen (secondary N) is 2. The van der Waals surface area contributed by atoms with Crippen molar-refractivity contribution in [3.8, 4) is 5.75 Å². The molecule has 0 unspecified atom stereocenters. The Morgan fingerprint density at radius 1 is 0.893 bits per heavy atom. The summed E-state index contributed by atoms with van der Waals surface area (Å²) < 4.78 is 5.57. The van der Waals surface area contributed by atoms with E-state index < -0.39 is 0 Å². The first-order valence-corrected chi connectivity index (χ1v) is 9.09. The number of para-hydroxylation sites is 1. The first kappa shape index (κ1) is 19.5. The smallest absolute Gasteiger partial charge is 0.262 e. The van der Waals surface area contributed by atoms with Gasteiger partial charge >= 0.3 is 0 Å². The molecule has 0 saturated heterocycles. The van der Waals surface area contributed by atoms with Crippen molar-refractivity contribution >= 4 is 29.1 Å². The van der Waals surface area contributed by atoms with Crippen LogP contribution in [0.3, 0.4) is 0 Å². The Bertz CT molecular complexity index is 961. The molecule has 3 rings (SSSR count). The lowest BCUT2D eigenvalue weighted by molar-refractivity contribution is -0.118. The molecular formula is C22H19ClN2O3. The highest BCUT2D eigenvalue weighted by atomic mass is 35.5. The van der Waals surface area contributed by atoms with Gasteiger partial charge in [0.2, 0.25) is 0 Å². The van der Waals surface area contributed by atoms with Crippen LogP contribution in [0, 0.1) is 0 Å². The van der Waals surface area contributed by atoms with E-state index in [9.17, 15) is 9.59 Å². The number of amides is 2. The molecule has 0 aliphatic carbocycles. The minimum atomic E-state index is -0.346. The van der Waals surface area contributed by atoms with Gasteiger partial charge in [-0.2, -0.15) is 0 Å². The molecule has 28 heavy (non-hydrogen) atoms. The van der Waals surface area contributed by atoms with Gasteiger partial charge in [0.25, 0.3) is 11.8 Å². The predicted molar refractivity (Wildman–Crippen MR) is 110 cm³/mol. The van der Waals surface area contributed by atoms with E-state index in [1.807, 2.05) is 30.3 Å². The van der Waals surface area contributed by atoms with Crippen molar-refractivity contribution in [3.05, 3.63) is 95.0 Å². The lowest BCUT2D eigenvalue weighted by Gasteiger charge is -2.12. The highest BCUT2D eigenvalue weighted by molar-refractivity contribution is 6.30. The fourth-order valence-corrected chi connectivity index (χ4v) is 2.75. The largest absolute Gasteiger partial charge is 0.483 e. The van der Waals surface area contributed by atoms with Gasteiger partial charge in [0, 0.05) is 17.3 Å². The summed E-state index contributed by atoms with van der Waals surface area (Å²) in [6.07, 6.45) is 0. The Kier molecular flexibility index (Phi) is 6.65. The Balaban J connectivity index is 1.58. The minimum absolute atomic E-state index is 0.227. The van der Waals surface area contributed by atoms with Gasteiger partial charge in [-0.05, 0) is 35.9 Å². The summed E-state index contributed by atoms with van der Waals surface area (Å²) in [4.78, 5) is 24.6. The van der Waals surface area contributed by atoms with Crippen molar-refractivity contribution in [3.63, 3.8) is 0 Å². The number of ether oxygens (including phenoxy) is 1. The second-order valence-corrected chi connectivity index (χ2v) is 6.45. The number of carbonyl (C=O) groups excluding carboxylic acids is 2. The van der Waals surface area contributed by atoms with Gasteiger partial charge < -0.3 is 15.4 Å². The molecule has 142 valence electrons. The first-order valence-electron chi connectivity index (χ1n) is 8.71. The van der Waals surface area contributed by atoms with E-state index in [0.717, 1.165) is 5.56 Å². The monoisotopic (exact) mass is 394 g/mol. The number of carbonyl (C=O) groups is 2. The fraction of sp³-hybridized carbons (Fsp3) is 0.0909. The zero-order valence-electron chi connectivity index (χ0n) is 15.0. The normalized spacial score (nSPS) is 10.2. The molecule has 0 bridgehead atoms. The molecule has 6 heteroatoms. The van der Waals surface area contributed by atoms with Crippen molar-refractivity contribution in [1.82, 2.24) is 5.32 Å². The summed E-state index contributed by atoms with van der Waals surface area (Å²) in [6.45, 7) is 0.179. The molecule has 5 nitrogen and oxygen atoms in total. The highest BCUT2D eigenvalue weighted by Gasteiger charge is 2.13. The van der Waals surface area contributed by atoms with Crippen molar-refractivity contribution < 1.29 is 14.3 Å². The van der Waals surface area contributed by atoms with Crippen LogP contribution < -0.4 is 15.4 Å². The molecule has 0 atom stereocenters. The number of hydrogen-bond acceptors (Lipinski definition) is 3. The Morgan fingerprint density at radius 3 is 2.43 bits per heavy atom. The standard InChI is InChI=1S/C22H19ClN2O3/c23-17-9-6-10-18(13-17)25-21(26)15-28-20-12-5-4-11-19(20)22(27)24-14-16-7-2-1-3-8-16/h1-13H,14-15H2,(H,24,27)(H,25,26). The van der Waals surface area contributed by atoms with Gasteiger partial charge in [-0.1, -0.05) is 60.1 Å². The maximum atomic E-state index is 12.5. The van der Waals surface area contributed by atoms with Crippen LogP contribution in [-0.2, 0) is 11.3 Å². The quantitative estimate of drug-likeness (QED) is 0.628.